The molecule has 1 heterocycles. The number of hydrogen-bond donors (Lipinski definition) is 0. The van der Waals surface area contributed by atoms with E-state index in [9.17, 15) is 9.59 Å². The fraction of sp³-hybridized carbons (Fsp3) is 0.261. The monoisotopic (exact) mass is 425 g/mol. The minimum atomic E-state index is -0.671. The molecule has 162 valence electrons. The van der Waals surface area contributed by atoms with Gasteiger partial charge in [0, 0.05) is 6.07 Å². The summed E-state index contributed by atoms with van der Waals surface area (Å²) in [4.78, 5) is 25.2. The summed E-state index contributed by atoms with van der Waals surface area (Å²) in [6.07, 6.45) is 0. The SMILES string of the molecule is COc1ccc(C(=O)COC(=O)c2ccccc2OCc2c(C)noc2C)c(OC)c1. The van der Waals surface area contributed by atoms with E-state index in [4.69, 9.17) is 23.5 Å². The zero-order valence-electron chi connectivity index (χ0n) is 17.8. The summed E-state index contributed by atoms with van der Waals surface area (Å²) in [5.41, 5.74) is 2.03. The molecule has 0 aliphatic heterocycles. The van der Waals surface area contributed by atoms with Crippen LogP contribution < -0.4 is 14.2 Å². The van der Waals surface area contributed by atoms with Gasteiger partial charge in [0.15, 0.2) is 6.61 Å². The first kappa shape index (κ1) is 21.9. The van der Waals surface area contributed by atoms with Crippen molar-refractivity contribution in [1.82, 2.24) is 5.16 Å². The molecule has 0 fully saturated rings. The first-order valence-corrected chi connectivity index (χ1v) is 9.50. The number of ketones is 1. The molecule has 2 aromatic carbocycles. The Labute approximate surface area is 179 Å². The van der Waals surface area contributed by atoms with Crippen molar-refractivity contribution >= 4 is 11.8 Å². The molecule has 0 aliphatic rings. The number of para-hydroxylation sites is 1. The van der Waals surface area contributed by atoms with Crippen LogP contribution in [0.4, 0.5) is 0 Å². The van der Waals surface area contributed by atoms with Crippen molar-refractivity contribution in [3.05, 3.63) is 70.6 Å². The average molecular weight is 425 g/mol. The van der Waals surface area contributed by atoms with Gasteiger partial charge in [-0.15, -0.1) is 0 Å². The first-order chi connectivity index (χ1) is 14.9. The topological polar surface area (TPSA) is 97.1 Å². The molecule has 1 aromatic heterocycles. The maximum atomic E-state index is 12.6. The molecule has 0 aliphatic carbocycles. The van der Waals surface area contributed by atoms with Crippen LogP contribution in [0.15, 0.2) is 47.0 Å². The second kappa shape index (κ2) is 9.80. The normalized spacial score (nSPS) is 10.5. The maximum Gasteiger partial charge on any atom is 0.342 e. The van der Waals surface area contributed by atoms with Gasteiger partial charge in [0.2, 0.25) is 5.78 Å². The summed E-state index contributed by atoms with van der Waals surface area (Å²) >= 11 is 0. The largest absolute Gasteiger partial charge is 0.497 e. The van der Waals surface area contributed by atoms with E-state index in [0.717, 1.165) is 11.3 Å². The summed E-state index contributed by atoms with van der Waals surface area (Å²) in [5, 5.41) is 3.89. The van der Waals surface area contributed by atoms with Gasteiger partial charge >= 0.3 is 5.97 Å². The lowest BCUT2D eigenvalue weighted by Gasteiger charge is -2.12. The molecule has 0 atom stereocenters. The van der Waals surface area contributed by atoms with Crippen molar-refractivity contribution in [2.45, 2.75) is 20.5 Å². The second-order valence-corrected chi connectivity index (χ2v) is 6.65. The fourth-order valence-corrected chi connectivity index (χ4v) is 2.93. The number of hydrogen-bond acceptors (Lipinski definition) is 8. The van der Waals surface area contributed by atoms with Crippen molar-refractivity contribution in [3.8, 4) is 17.2 Å². The molecule has 3 aromatic rings. The molecule has 3 rings (SSSR count). The number of rotatable bonds is 9. The third kappa shape index (κ3) is 5.03. The number of carbonyl (C=O) groups excluding carboxylic acids is 2. The smallest absolute Gasteiger partial charge is 0.342 e. The first-order valence-electron chi connectivity index (χ1n) is 9.50. The number of esters is 1. The summed E-state index contributed by atoms with van der Waals surface area (Å²) in [7, 11) is 2.97. The van der Waals surface area contributed by atoms with Crippen LogP contribution in [0.2, 0.25) is 0 Å². The van der Waals surface area contributed by atoms with Gasteiger partial charge in [-0.2, -0.15) is 0 Å². The molecule has 0 amide bonds. The molecule has 0 saturated heterocycles. The molecular formula is C23H23NO7. The van der Waals surface area contributed by atoms with Gasteiger partial charge in [0.25, 0.3) is 0 Å². The highest BCUT2D eigenvalue weighted by Gasteiger charge is 2.19. The fourth-order valence-electron chi connectivity index (χ4n) is 2.93. The van der Waals surface area contributed by atoms with Gasteiger partial charge in [-0.05, 0) is 38.1 Å². The predicted octanol–water partition coefficient (Wildman–Crippen LogP) is 3.93. The third-order valence-electron chi connectivity index (χ3n) is 4.70. The van der Waals surface area contributed by atoms with Crippen LogP contribution in [0.25, 0.3) is 0 Å². The molecule has 8 heteroatoms. The zero-order chi connectivity index (χ0) is 22.4. The molecule has 0 spiro atoms. The van der Waals surface area contributed by atoms with Crippen LogP contribution in [0.3, 0.4) is 0 Å². The average Bonchev–Trinajstić information content (AvgIpc) is 3.12. The summed E-state index contributed by atoms with van der Waals surface area (Å²) in [5.74, 6) is 0.800. The second-order valence-electron chi connectivity index (χ2n) is 6.65. The van der Waals surface area contributed by atoms with Crippen molar-refractivity contribution in [3.63, 3.8) is 0 Å². The van der Waals surface area contributed by atoms with E-state index in [1.807, 2.05) is 6.92 Å². The lowest BCUT2D eigenvalue weighted by molar-refractivity contribution is 0.0469. The number of carbonyl (C=O) groups is 2. The Morgan fingerprint density at radius 2 is 1.74 bits per heavy atom. The highest BCUT2D eigenvalue weighted by Crippen LogP contribution is 2.26. The Balaban J connectivity index is 1.68. The van der Waals surface area contributed by atoms with Gasteiger partial charge < -0.3 is 23.5 Å². The van der Waals surface area contributed by atoms with Crippen molar-refractivity contribution < 1.29 is 33.1 Å². The van der Waals surface area contributed by atoms with Gasteiger partial charge in [0.1, 0.15) is 35.2 Å². The van der Waals surface area contributed by atoms with E-state index in [1.54, 1.807) is 49.4 Å². The molecule has 0 N–H and O–H groups in total. The molecule has 0 bridgehead atoms. The van der Waals surface area contributed by atoms with Crippen LogP contribution in [0.5, 0.6) is 17.2 Å². The van der Waals surface area contributed by atoms with E-state index in [0.29, 0.717) is 28.6 Å². The molecule has 0 unspecified atom stereocenters. The number of aryl methyl sites for hydroxylation is 2. The Kier molecular flexibility index (Phi) is 6.92. The quantitative estimate of drug-likeness (QED) is 0.376. The number of Topliss-reactive ketones (excluding diaryl/α,β-unsaturated/α-hetero) is 1. The van der Waals surface area contributed by atoms with Gasteiger partial charge in [-0.1, -0.05) is 17.3 Å². The standard InChI is InChI=1S/C23H23NO7/c1-14-19(15(2)31-24-14)12-29-21-8-6-5-7-18(21)23(26)30-13-20(25)17-10-9-16(27-3)11-22(17)28-4/h5-11H,12-13H2,1-4H3. The summed E-state index contributed by atoms with van der Waals surface area (Å²) in [6, 6.07) is 11.4. The van der Waals surface area contributed by atoms with Crippen LogP contribution in [0, 0.1) is 13.8 Å². The molecule has 0 saturated carbocycles. The predicted molar refractivity (Wildman–Crippen MR) is 111 cm³/mol. The molecular weight excluding hydrogens is 402 g/mol. The number of aromatic nitrogens is 1. The van der Waals surface area contributed by atoms with Crippen molar-refractivity contribution in [2.75, 3.05) is 20.8 Å². The van der Waals surface area contributed by atoms with Crippen molar-refractivity contribution in [1.29, 1.82) is 0 Å². The van der Waals surface area contributed by atoms with Gasteiger partial charge in [-0.3, -0.25) is 4.79 Å². The van der Waals surface area contributed by atoms with Crippen molar-refractivity contribution in [2.24, 2.45) is 0 Å². The number of methoxy groups -OCH3 is 2. The molecule has 8 nitrogen and oxygen atoms in total. The third-order valence-corrected chi connectivity index (χ3v) is 4.70. The van der Waals surface area contributed by atoms with Crippen LogP contribution >= 0.6 is 0 Å². The zero-order valence-corrected chi connectivity index (χ0v) is 17.8. The lowest BCUT2D eigenvalue weighted by Crippen LogP contribution is -2.16. The Morgan fingerprint density at radius 3 is 2.42 bits per heavy atom. The molecule has 0 radical (unpaired) electrons. The van der Waals surface area contributed by atoms with Crippen LogP contribution in [-0.2, 0) is 11.3 Å². The van der Waals surface area contributed by atoms with E-state index in [1.165, 1.54) is 14.2 Å². The lowest BCUT2D eigenvalue weighted by atomic mass is 10.1. The molecule has 31 heavy (non-hydrogen) atoms. The summed E-state index contributed by atoms with van der Waals surface area (Å²) < 4.78 is 26.5. The highest BCUT2D eigenvalue weighted by molar-refractivity contribution is 6.02. The minimum Gasteiger partial charge on any atom is -0.497 e. The van der Waals surface area contributed by atoms with Crippen LogP contribution in [0.1, 0.15) is 37.7 Å². The Hall–Kier alpha value is -3.81. The van der Waals surface area contributed by atoms with E-state index >= 15 is 0 Å². The van der Waals surface area contributed by atoms with E-state index in [2.05, 4.69) is 5.16 Å². The summed E-state index contributed by atoms with van der Waals surface area (Å²) in [6.45, 7) is 3.35. The van der Waals surface area contributed by atoms with Gasteiger partial charge in [-0.25, -0.2) is 4.79 Å². The van der Waals surface area contributed by atoms with Gasteiger partial charge in [0.05, 0.1) is 31.0 Å². The van der Waals surface area contributed by atoms with E-state index in [-0.39, 0.29) is 12.2 Å². The van der Waals surface area contributed by atoms with Crippen LogP contribution in [-0.4, -0.2) is 37.7 Å². The number of benzene rings is 2. The van der Waals surface area contributed by atoms with E-state index < -0.39 is 18.4 Å². The number of nitrogens with zero attached hydrogens (tertiary/aromatic N) is 1. The maximum absolute atomic E-state index is 12.6. The Morgan fingerprint density at radius 1 is 0.968 bits per heavy atom. The highest BCUT2D eigenvalue weighted by atomic mass is 16.5. The Bertz CT molecular complexity index is 1070. The number of ether oxygens (including phenoxy) is 4. The minimum absolute atomic E-state index is 0.188.